The molecule has 0 spiro atoms. The molecule has 0 aliphatic heterocycles. The van der Waals surface area contributed by atoms with E-state index in [2.05, 4.69) is 36.3 Å². The Morgan fingerprint density at radius 3 is 2.67 bits per heavy atom. The predicted octanol–water partition coefficient (Wildman–Crippen LogP) is 4.21. The highest BCUT2D eigenvalue weighted by atomic mass is 35.5. The van der Waals surface area contributed by atoms with E-state index in [9.17, 15) is 0 Å². The number of halogens is 1. The monoisotopic (exact) mass is 280 g/mol. The minimum absolute atomic E-state index is 0.314. The molecule has 96 valence electrons. The van der Waals surface area contributed by atoms with Crippen molar-refractivity contribution in [2.75, 3.05) is 0 Å². The van der Waals surface area contributed by atoms with E-state index < -0.39 is 0 Å². The molecule has 2 rings (SSSR count). The second-order valence-corrected chi connectivity index (χ2v) is 5.86. The van der Waals surface area contributed by atoms with E-state index in [1.165, 1.54) is 15.4 Å². The summed E-state index contributed by atoms with van der Waals surface area (Å²) in [7, 11) is 0. The molecule has 0 unspecified atom stereocenters. The van der Waals surface area contributed by atoms with Crippen LogP contribution in [0.5, 0.6) is 0 Å². The third-order valence-corrected chi connectivity index (χ3v) is 4.25. The Bertz CT molecular complexity index is 493. The van der Waals surface area contributed by atoms with Gasteiger partial charge in [-0.2, -0.15) is 0 Å². The third-order valence-electron chi connectivity index (χ3n) is 2.86. The van der Waals surface area contributed by atoms with Gasteiger partial charge in [0.15, 0.2) is 0 Å². The third kappa shape index (κ3) is 3.55. The van der Waals surface area contributed by atoms with E-state index in [1.807, 2.05) is 18.3 Å². The van der Waals surface area contributed by atoms with Crippen molar-refractivity contribution in [1.82, 2.24) is 10.3 Å². The van der Waals surface area contributed by atoms with Crippen LogP contribution >= 0.6 is 22.9 Å². The van der Waals surface area contributed by atoms with E-state index in [0.717, 1.165) is 18.0 Å². The molecule has 18 heavy (non-hydrogen) atoms. The fourth-order valence-electron chi connectivity index (χ4n) is 1.72. The molecule has 0 saturated carbocycles. The normalized spacial score (nSPS) is 12.6. The zero-order chi connectivity index (χ0) is 13.0. The largest absolute Gasteiger partial charge is 0.305 e. The smallest absolute Gasteiger partial charge is 0.0925 e. The lowest BCUT2D eigenvalue weighted by Crippen LogP contribution is -2.17. The average Bonchev–Trinajstić information content (AvgIpc) is 2.85. The lowest BCUT2D eigenvalue weighted by Gasteiger charge is -2.13. The fraction of sp³-hybridized carbons (Fsp3) is 0.357. The summed E-state index contributed by atoms with van der Waals surface area (Å²) in [6.07, 6.45) is 2.97. The van der Waals surface area contributed by atoms with Gasteiger partial charge in [-0.25, -0.2) is 4.98 Å². The van der Waals surface area contributed by atoms with Crippen molar-refractivity contribution in [3.05, 3.63) is 50.9 Å². The molecular formula is C14H17ClN2S. The number of hydrogen-bond acceptors (Lipinski definition) is 3. The SMILES string of the molecule is CCc1ncc(CN[C@@H](C)c2ccc(Cl)cc2)s1. The van der Waals surface area contributed by atoms with Gasteiger partial charge in [0.1, 0.15) is 0 Å². The number of hydrogen-bond donors (Lipinski definition) is 1. The first-order valence-corrected chi connectivity index (χ1v) is 7.31. The average molecular weight is 281 g/mol. The first kappa shape index (κ1) is 13.5. The minimum atomic E-state index is 0.314. The van der Waals surface area contributed by atoms with E-state index >= 15 is 0 Å². The highest BCUT2D eigenvalue weighted by Crippen LogP contribution is 2.18. The van der Waals surface area contributed by atoms with Gasteiger partial charge in [0, 0.05) is 28.7 Å². The van der Waals surface area contributed by atoms with E-state index in [4.69, 9.17) is 11.6 Å². The van der Waals surface area contributed by atoms with E-state index in [0.29, 0.717) is 6.04 Å². The van der Waals surface area contributed by atoms with Gasteiger partial charge >= 0.3 is 0 Å². The quantitative estimate of drug-likeness (QED) is 0.887. The number of nitrogens with zero attached hydrogens (tertiary/aromatic N) is 1. The fourth-order valence-corrected chi connectivity index (χ4v) is 2.66. The van der Waals surface area contributed by atoms with Crippen molar-refractivity contribution in [3.63, 3.8) is 0 Å². The van der Waals surface area contributed by atoms with Crippen molar-refractivity contribution in [2.45, 2.75) is 32.9 Å². The van der Waals surface area contributed by atoms with Crippen LogP contribution < -0.4 is 5.32 Å². The summed E-state index contributed by atoms with van der Waals surface area (Å²) in [5, 5.41) is 5.48. The van der Waals surface area contributed by atoms with Gasteiger partial charge in [0.2, 0.25) is 0 Å². The van der Waals surface area contributed by atoms with Crippen LogP contribution in [0.2, 0.25) is 5.02 Å². The summed E-state index contributed by atoms with van der Waals surface area (Å²) in [5.74, 6) is 0. The summed E-state index contributed by atoms with van der Waals surface area (Å²) in [6, 6.07) is 8.29. The molecular weight excluding hydrogens is 264 g/mol. The van der Waals surface area contributed by atoms with Crippen LogP contribution in [0.15, 0.2) is 30.5 Å². The van der Waals surface area contributed by atoms with Crippen LogP contribution in [0.1, 0.15) is 35.3 Å². The van der Waals surface area contributed by atoms with Crippen LogP contribution in [0.3, 0.4) is 0 Å². The molecule has 1 aromatic heterocycles. The van der Waals surface area contributed by atoms with Crippen molar-refractivity contribution in [3.8, 4) is 0 Å². The number of aromatic nitrogens is 1. The summed E-state index contributed by atoms with van der Waals surface area (Å²) in [6.45, 7) is 5.15. The first-order chi connectivity index (χ1) is 8.69. The Hall–Kier alpha value is -0.900. The van der Waals surface area contributed by atoms with Crippen LogP contribution in [0, 0.1) is 0 Å². The maximum Gasteiger partial charge on any atom is 0.0925 e. The lowest BCUT2D eigenvalue weighted by molar-refractivity contribution is 0.578. The Morgan fingerprint density at radius 2 is 2.06 bits per heavy atom. The summed E-state index contributed by atoms with van der Waals surface area (Å²) < 4.78 is 0. The van der Waals surface area contributed by atoms with Crippen molar-refractivity contribution >= 4 is 22.9 Å². The van der Waals surface area contributed by atoms with Gasteiger partial charge in [-0.3, -0.25) is 0 Å². The second kappa shape index (κ2) is 6.32. The molecule has 0 radical (unpaired) electrons. The highest BCUT2D eigenvalue weighted by Gasteiger charge is 2.06. The molecule has 2 aromatic rings. The lowest BCUT2D eigenvalue weighted by atomic mass is 10.1. The molecule has 0 fully saturated rings. The summed E-state index contributed by atoms with van der Waals surface area (Å²) in [4.78, 5) is 5.64. The van der Waals surface area contributed by atoms with Gasteiger partial charge < -0.3 is 5.32 Å². The second-order valence-electron chi connectivity index (χ2n) is 4.23. The number of benzene rings is 1. The molecule has 1 N–H and O–H groups in total. The van der Waals surface area contributed by atoms with Crippen LogP contribution in [0.25, 0.3) is 0 Å². The summed E-state index contributed by atoms with van der Waals surface area (Å²) >= 11 is 7.66. The molecule has 2 nitrogen and oxygen atoms in total. The molecule has 1 atom stereocenters. The minimum Gasteiger partial charge on any atom is -0.305 e. The molecule has 0 aliphatic carbocycles. The highest BCUT2D eigenvalue weighted by molar-refractivity contribution is 7.11. The molecule has 0 bridgehead atoms. The van der Waals surface area contributed by atoms with Gasteiger partial charge in [-0.1, -0.05) is 30.7 Å². The maximum absolute atomic E-state index is 5.88. The maximum atomic E-state index is 5.88. The Morgan fingerprint density at radius 1 is 1.33 bits per heavy atom. The van der Waals surface area contributed by atoms with Crippen molar-refractivity contribution < 1.29 is 0 Å². The topological polar surface area (TPSA) is 24.9 Å². The van der Waals surface area contributed by atoms with Gasteiger partial charge in [-0.05, 0) is 31.0 Å². The number of aryl methyl sites for hydroxylation is 1. The van der Waals surface area contributed by atoms with Crippen LogP contribution in [-0.4, -0.2) is 4.98 Å². The number of rotatable bonds is 5. The molecule has 0 aliphatic rings. The van der Waals surface area contributed by atoms with E-state index in [-0.39, 0.29) is 0 Å². The van der Waals surface area contributed by atoms with Crippen LogP contribution in [-0.2, 0) is 13.0 Å². The predicted molar refractivity (Wildman–Crippen MR) is 78.2 cm³/mol. The van der Waals surface area contributed by atoms with Crippen molar-refractivity contribution in [1.29, 1.82) is 0 Å². The number of nitrogens with one attached hydrogen (secondary N) is 1. The molecule has 1 heterocycles. The first-order valence-electron chi connectivity index (χ1n) is 6.11. The van der Waals surface area contributed by atoms with Gasteiger partial charge in [0.25, 0.3) is 0 Å². The zero-order valence-electron chi connectivity index (χ0n) is 10.6. The summed E-state index contributed by atoms with van der Waals surface area (Å²) in [5.41, 5.74) is 1.25. The van der Waals surface area contributed by atoms with Gasteiger partial charge in [0.05, 0.1) is 5.01 Å². The Labute approximate surface area is 117 Å². The van der Waals surface area contributed by atoms with Gasteiger partial charge in [-0.15, -0.1) is 11.3 Å². The van der Waals surface area contributed by atoms with Crippen molar-refractivity contribution in [2.24, 2.45) is 0 Å². The molecule has 0 saturated heterocycles. The Kier molecular flexibility index (Phi) is 4.75. The molecule has 4 heteroatoms. The standard InChI is InChI=1S/C14H17ClN2S/c1-3-14-17-9-13(18-14)8-16-10(2)11-4-6-12(15)7-5-11/h4-7,9-10,16H,3,8H2,1-2H3/t10-/m0/s1. The number of thiazole rings is 1. The Balaban J connectivity index is 1.91. The van der Waals surface area contributed by atoms with Crippen LogP contribution in [0.4, 0.5) is 0 Å². The zero-order valence-corrected chi connectivity index (χ0v) is 12.2. The van der Waals surface area contributed by atoms with E-state index in [1.54, 1.807) is 11.3 Å². The molecule has 1 aromatic carbocycles. The molecule has 0 amide bonds.